The first-order valence-electron chi connectivity index (χ1n) is 7.94. The smallest absolute Gasteiger partial charge is 0.339 e. The van der Waals surface area contributed by atoms with Crippen LogP contribution >= 0.6 is 11.3 Å². The molecule has 1 saturated heterocycles. The largest absolute Gasteiger partial charge is 0.490 e. The van der Waals surface area contributed by atoms with Gasteiger partial charge in [0.15, 0.2) is 0 Å². The fourth-order valence-corrected chi connectivity index (χ4v) is 3.35. The SMILES string of the molecule is Cc1cc(OC2CCN(C(=O)NCc3cccs3)CC2)cc(=O)o1. The van der Waals surface area contributed by atoms with Gasteiger partial charge in [0, 0.05) is 36.9 Å². The van der Waals surface area contributed by atoms with Gasteiger partial charge in [-0.25, -0.2) is 9.59 Å². The molecule has 1 aliphatic rings. The number of thiophene rings is 1. The minimum Gasteiger partial charge on any atom is -0.490 e. The minimum absolute atomic E-state index is 0.00699. The van der Waals surface area contributed by atoms with E-state index < -0.39 is 5.63 Å². The van der Waals surface area contributed by atoms with Crippen molar-refractivity contribution >= 4 is 17.4 Å². The Balaban J connectivity index is 1.46. The number of likely N-dealkylation sites (tertiary alicyclic amines) is 1. The Morgan fingerprint density at radius 1 is 1.42 bits per heavy atom. The summed E-state index contributed by atoms with van der Waals surface area (Å²) < 4.78 is 10.8. The molecule has 128 valence electrons. The molecule has 6 nitrogen and oxygen atoms in total. The number of nitrogens with zero attached hydrogens (tertiary/aromatic N) is 1. The van der Waals surface area contributed by atoms with Crippen LogP contribution in [0.3, 0.4) is 0 Å². The van der Waals surface area contributed by atoms with Crippen LogP contribution in [-0.4, -0.2) is 30.1 Å². The lowest BCUT2D eigenvalue weighted by Crippen LogP contribution is -2.46. The molecule has 3 heterocycles. The highest BCUT2D eigenvalue weighted by atomic mass is 32.1. The monoisotopic (exact) mass is 348 g/mol. The van der Waals surface area contributed by atoms with Gasteiger partial charge in [0.25, 0.3) is 0 Å². The van der Waals surface area contributed by atoms with Crippen LogP contribution in [0.25, 0.3) is 0 Å². The first-order valence-corrected chi connectivity index (χ1v) is 8.82. The summed E-state index contributed by atoms with van der Waals surface area (Å²) >= 11 is 1.63. The highest BCUT2D eigenvalue weighted by molar-refractivity contribution is 7.09. The second-order valence-electron chi connectivity index (χ2n) is 5.77. The number of piperidine rings is 1. The maximum Gasteiger partial charge on any atom is 0.339 e. The first kappa shape index (κ1) is 16.6. The number of aryl methyl sites for hydroxylation is 1. The average molecular weight is 348 g/mol. The van der Waals surface area contributed by atoms with Gasteiger partial charge in [0.05, 0.1) is 12.6 Å². The molecule has 2 aromatic heterocycles. The second kappa shape index (κ2) is 7.53. The van der Waals surface area contributed by atoms with Gasteiger partial charge in [0.1, 0.15) is 17.6 Å². The molecule has 1 fully saturated rings. The Labute approximate surface area is 144 Å². The Morgan fingerprint density at radius 2 is 2.21 bits per heavy atom. The Hall–Kier alpha value is -2.28. The first-order chi connectivity index (χ1) is 11.6. The normalized spacial score (nSPS) is 15.3. The van der Waals surface area contributed by atoms with Crippen molar-refractivity contribution < 1.29 is 13.9 Å². The van der Waals surface area contributed by atoms with Crippen molar-refractivity contribution in [3.63, 3.8) is 0 Å². The lowest BCUT2D eigenvalue weighted by molar-refractivity contribution is 0.110. The number of amides is 2. The van der Waals surface area contributed by atoms with Gasteiger partial charge in [-0.3, -0.25) is 0 Å². The van der Waals surface area contributed by atoms with E-state index in [2.05, 4.69) is 5.32 Å². The molecule has 1 aliphatic heterocycles. The zero-order valence-corrected chi connectivity index (χ0v) is 14.3. The van der Waals surface area contributed by atoms with Crippen molar-refractivity contribution in [1.29, 1.82) is 0 Å². The van der Waals surface area contributed by atoms with Gasteiger partial charge in [0.2, 0.25) is 0 Å². The lowest BCUT2D eigenvalue weighted by Gasteiger charge is -2.32. The standard InChI is InChI=1S/C17H20N2O4S/c1-12-9-14(10-16(20)22-12)23-13-4-6-19(7-5-13)17(21)18-11-15-3-2-8-24-15/h2-3,8-10,13H,4-7,11H2,1H3,(H,18,21). The van der Waals surface area contributed by atoms with Crippen molar-refractivity contribution in [1.82, 2.24) is 10.2 Å². The number of hydrogen-bond donors (Lipinski definition) is 1. The third kappa shape index (κ3) is 4.38. The number of ether oxygens (including phenoxy) is 1. The van der Waals surface area contributed by atoms with Gasteiger partial charge in [-0.1, -0.05) is 6.07 Å². The Bertz CT molecular complexity index is 733. The van der Waals surface area contributed by atoms with Crippen LogP contribution in [0.4, 0.5) is 4.79 Å². The molecular weight excluding hydrogens is 328 g/mol. The van der Waals surface area contributed by atoms with Crippen LogP contribution < -0.4 is 15.7 Å². The molecule has 0 saturated carbocycles. The predicted molar refractivity (Wildman–Crippen MR) is 91.5 cm³/mol. The van der Waals surface area contributed by atoms with E-state index in [0.29, 0.717) is 31.1 Å². The number of carbonyl (C=O) groups is 1. The molecule has 2 amide bonds. The fraction of sp³-hybridized carbons (Fsp3) is 0.412. The predicted octanol–water partition coefficient (Wildman–Crippen LogP) is 2.76. The molecule has 0 aromatic carbocycles. The molecule has 2 aromatic rings. The second-order valence-corrected chi connectivity index (χ2v) is 6.80. The number of nitrogens with one attached hydrogen (secondary N) is 1. The molecular formula is C17H20N2O4S. The zero-order valence-electron chi connectivity index (χ0n) is 13.5. The zero-order chi connectivity index (χ0) is 16.9. The van der Waals surface area contributed by atoms with E-state index in [1.807, 2.05) is 17.5 Å². The maximum atomic E-state index is 12.2. The van der Waals surface area contributed by atoms with Crippen LogP contribution in [0.15, 0.2) is 38.9 Å². The number of hydrogen-bond acceptors (Lipinski definition) is 5. The summed E-state index contributed by atoms with van der Waals surface area (Å²) in [5, 5.41) is 4.93. The van der Waals surface area contributed by atoms with Gasteiger partial charge in [-0.15, -0.1) is 11.3 Å². The summed E-state index contributed by atoms with van der Waals surface area (Å²) in [6.07, 6.45) is 1.49. The third-order valence-electron chi connectivity index (χ3n) is 3.89. The molecule has 3 rings (SSSR count). The van der Waals surface area contributed by atoms with Crippen molar-refractivity contribution in [2.75, 3.05) is 13.1 Å². The highest BCUT2D eigenvalue weighted by Crippen LogP contribution is 2.19. The minimum atomic E-state index is -0.407. The van der Waals surface area contributed by atoms with Crippen molar-refractivity contribution in [3.8, 4) is 5.75 Å². The van der Waals surface area contributed by atoms with E-state index in [0.717, 1.165) is 17.7 Å². The van der Waals surface area contributed by atoms with E-state index in [9.17, 15) is 9.59 Å². The van der Waals surface area contributed by atoms with Crippen LogP contribution in [0.1, 0.15) is 23.5 Å². The maximum absolute atomic E-state index is 12.2. The van der Waals surface area contributed by atoms with Crippen LogP contribution in [-0.2, 0) is 6.54 Å². The van der Waals surface area contributed by atoms with Gasteiger partial charge in [-0.05, 0) is 18.4 Å². The van der Waals surface area contributed by atoms with Crippen LogP contribution in [0.5, 0.6) is 5.75 Å². The molecule has 0 aliphatic carbocycles. The fourth-order valence-electron chi connectivity index (χ4n) is 2.70. The van der Waals surface area contributed by atoms with Crippen LogP contribution in [0.2, 0.25) is 0 Å². The molecule has 24 heavy (non-hydrogen) atoms. The molecule has 1 N–H and O–H groups in total. The van der Waals surface area contributed by atoms with Gasteiger partial charge >= 0.3 is 11.7 Å². The van der Waals surface area contributed by atoms with E-state index in [-0.39, 0.29) is 12.1 Å². The number of carbonyl (C=O) groups excluding carboxylic acids is 1. The van der Waals surface area contributed by atoms with Gasteiger partial charge < -0.3 is 19.4 Å². The molecule has 0 atom stereocenters. The third-order valence-corrected chi connectivity index (χ3v) is 4.77. The van der Waals surface area contributed by atoms with Crippen molar-refractivity contribution in [2.24, 2.45) is 0 Å². The lowest BCUT2D eigenvalue weighted by atomic mass is 10.1. The summed E-state index contributed by atoms with van der Waals surface area (Å²) in [6, 6.07) is 7.00. The summed E-state index contributed by atoms with van der Waals surface area (Å²) in [4.78, 5) is 26.5. The average Bonchev–Trinajstić information content (AvgIpc) is 3.06. The summed E-state index contributed by atoms with van der Waals surface area (Å²) in [7, 11) is 0. The summed E-state index contributed by atoms with van der Waals surface area (Å²) in [5.74, 6) is 1.06. The van der Waals surface area contributed by atoms with Crippen molar-refractivity contribution in [3.05, 3.63) is 50.7 Å². The molecule has 0 radical (unpaired) electrons. The van der Waals surface area contributed by atoms with E-state index in [4.69, 9.17) is 9.15 Å². The summed E-state index contributed by atoms with van der Waals surface area (Å²) in [5.41, 5.74) is -0.407. The Kier molecular flexibility index (Phi) is 5.20. The van der Waals surface area contributed by atoms with E-state index in [1.165, 1.54) is 6.07 Å². The molecule has 0 bridgehead atoms. The molecule has 0 spiro atoms. The Morgan fingerprint density at radius 3 is 2.88 bits per heavy atom. The molecule has 7 heteroatoms. The van der Waals surface area contributed by atoms with E-state index >= 15 is 0 Å². The topological polar surface area (TPSA) is 71.8 Å². The summed E-state index contributed by atoms with van der Waals surface area (Å²) in [6.45, 7) is 3.56. The number of rotatable bonds is 4. The van der Waals surface area contributed by atoms with E-state index in [1.54, 1.807) is 29.2 Å². The number of urea groups is 1. The highest BCUT2D eigenvalue weighted by Gasteiger charge is 2.24. The molecule has 0 unspecified atom stereocenters. The van der Waals surface area contributed by atoms with Crippen molar-refractivity contribution in [2.45, 2.75) is 32.4 Å². The quantitative estimate of drug-likeness (QED) is 0.922. The van der Waals surface area contributed by atoms with Crippen LogP contribution in [0, 0.1) is 6.92 Å². The van der Waals surface area contributed by atoms with Gasteiger partial charge in [-0.2, -0.15) is 0 Å².